The molecule has 0 aliphatic heterocycles. The van der Waals surface area contributed by atoms with Crippen molar-refractivity contribution < 1.29 is 4.42 Å². The Morgan fingerprint density at radius 2 is 1.34 bits per heavy atom. The Balaban J connectivity index is 1.64. The third-order valence-electron chi connectivity index (χ3n) is 4.74. The van der Waals surface area contributed by atoms with E-state index in [9.17, 15) is 0 Å². The molecule has 2 heterocycles. The minimum atomic E-state index is 0.446. The number of hydrogen-bond donors (Lipinski definition) is 0. The number of benzene rings is 3. The van der Waals surface area contributed by atoms with Gasteiger partial charge in [-0.15, -0.1) is 10.2 Å². The molecule has 3 aromatic carbocycles. The lowest BCUT2D eigenvalue weighted by Crippen LogP contribution is -1.93. The first kappa shape index (κ1) is 17.1. The molecule has 0 radical (unpaired) electrons. The van der Waals surface area contributed by atoms with Crippen LogP contribution in [-0.2, 0) is 0 Å². The van der Waals surface area contributed by atoms with Crippen molar-refractivity contribution in [1.82, 2.24) is 20.0 Å². The summed E-state index contributed by atoms with van der Waals surface area (Å²) >= 11 is 0. The Bertz CT molecular complexity index is 1240. The Morgan fingerprint density at radius 1 is 0.690 bits per heavy atom. The van der Waals surface area contributed by atoms with Crippen molar-refractivity contribution in [3.8, 4) is 39.9 Å². The molecule has 5 aromatic rings. The molecule has 5 rings (SSSR count). The third-order valence-corrected chi connectivity index (χ3v) is 4.74. The van der Waals surface area contributed by atoms with Crippen LogP contribution in [-0.4, -0.2) is 20.0 Å². The zero-order valence-corrected chi connectivity index (χ0v) is 15.9. The van der Waals surface area contributed by atoms with Crippen LogP contribution in [0.4, 0.5) is 0 Å². The summed E-state index contributed by atoms with van der Waals surface area (Å²) in [5.74, 6) is 0.935. The summed E-state index contributed by atoms with van der Waals surface area (Å²) in [6.45, 7) is 2.07. The quantitative estimate of drug-likeness (QED) is 0.410. The van der Waals surface area contributed by atoms with Crippen molar-refractivity contribution in [2.45, 2.75) is 6.92 Å². The molecule has 29 heavy (non-hydrogen) atoms. The van der Waals surface area contributed by atoms with Gasteiger partial charge < -0.3 is 4.42 Å². The number of para-hydroxylation sites is 1. The van der Waals surface area contributed by atoms with Crippen LogP contribution in [0.5, 0.6) is 0 Å². The molecule has 0 aliphatic carbocycles. The van der Waals surface area contributed by atoms with Crippen LogP contribution >= 0.6 is 0 Å². The molecule has 2 aromatic heterocycles. The first-order valence-electron chi connectivity index (χ1n) is 9.39. The molecule has 5 nitrogen and oxygen atoms in total. The van der Waals surface area contributed by atoms with Crippen LogP contribution in [0.15, 0.2) is 95.5 Å². The van der Waals surface area contributed by atoms with E-state index in [1.54, 1.807) is 0 Å². The second kappa shape index (κ2) is 7.20. The summed E-state index contributed by atoms with van der Waals surface area (Å²) < 4.78 is 7.86. The lowest BCUT2D eigenvalue weighted by molar-refractivity contribution is 0.585. The molecule has 140 valence electrons. The Morgan fingerprint density at radius 3 is 2.07 bits per heavy atom. The summed E-state index contributed by atoms with van der Waals surface area (Å²) in [4.78, 5) is 0. The molecule has 0 saturated heterocycles. The minimum absolute atomic E-state index is 0.446. The smallest absolute Gasteiger partial charge is 0.251 e. The van der Waals surface area contributed by atoms with Crippen molar-refractivity contribution in [3.63, 3.8) is 0 Å². The first-order chi connectivity index (χ1) is 14.3. The normalized spacial score (nSPS) is 10.9. The predicted molar refractivity (Wildman–Crippen MR) is 112 cm³/mol. The second-order valence-corrected chi connectivity index (χ2v) is 6.82. The summed E-state index contributed by atoms with van der Waals surface area (Å²) in [6, 6.07) is 28.0. The molecule has 0 fully saturated rings. The molecule has 0 bridgehead atoms. The molecule has 0 unspecified atom stereocenters. The fourth-order valence-corrected chi connectivity index (χ4v) is 3.20. The molecule has 0 aliphatic rings. The van der Waals surface area contributed by atoms with Crippen molar-refractivity contribution in [3.05, 3.63) is 96.7 Å². The van der Waals surface area contributed by atoms with E-state index in [0.29, 0.717) is 11.8 Å². The largest absolute Gasteiger partial charge is 0.416 e. The monoisotopic (exact) mass is 378 g/mol. The van der Waals surface area contributed by atoms with E-state index in [4.69, 9.17) is 9.52 Å². The Labute approximate surface area is 168 Å². The third kappa shape index (κ3) is 3.34. The van der Waals surface area contributed by atoms with Crippen LogP contribution in [0.25, 0.3) is 39.9 Å². The van der Waals surface area contributed by atoms with Crippen molar-refractivity contribution in [1.29, 1.82) is 0 Å². The number of aryl methyl sites for hydroxylation is 1. The average Bonchev–Trinajstić information content (AvgIpc) is 3.43. The van der Waals surface area contributed by atoms with Gasteiger partial charge in [-0.1, -0.05) is 66.2 Å². The summed E-state index contributed by atoms with van der Waals surface area (Å²) in [5, 5.41) is 13.4. The first-order valence-corrected chi connectivity index (χ1v) is 9.39. The molecule has 0 amide bonds. The zero-order chi connectivity index (χ0) is 19.6. The van der Waals surface area contributed by atoms with Gasteiger partial charge in [-0.3, -0.25) is 0 Å². The highest BCUT2D eigenvalue weighted by Crippen LogP contribution is 2.33. The Hall–Kier alpha value is -3.99. The van der Waals surface area contributed by atoms with Crippen molar-refractivity contribution >= 4 is 0 Å². The Kier molecular flexibility index (Phi) is 4.26. The number of aromatic nitrogens is 4. The summed E-state index contributed by atoms with van der Waals surface area (Å²) in [5.41, 5.74) is 5.65. The molecular formula is C24H18N4O. The van der Waals surface area contributed by atoms with Crippen molar-refractivity contribution in [2.24, 2.45) is 0 Å². The second-order valence-electron chi connectivity index (χ2n) is 6.82. The number of rotatable bonds is 4. The van der Waals surface area contributed by atoms with Gasteiger partial charge in [0.05, 0.1) is 11.3 Å². The maximum Gasteiger partial charge on any atom is 0.251 e. The molecule has 0 saturated carbocycles. The van der Waals surface area contributed by atoms with E-state index < -0.39 is 0 Å². The lowest BCUT2D eigenvalue weighted by atomic mass is 10.1. The molecular weight excluding hydrogens is 360 g/mol. The van der Waals surface area contributed by atoms with Gasteiger partial charge in [-0.2, -0.15) is 5.10 Å². The van der Waals surface area contributed by atoms with Crippen LogP contribution in [0.1, 0.15) is 5.56 Å². The lowest BCUT2D eigenvalue weighted by Gasteiger charge is -2.01. The number of nitrogens with zero attached hydrogens (tertiary/aromatic N) is 4. The van der Waals surface area contributed by atoms with Crippen molar-refractivity contribution in [2.75, 3.05) is 0 Å². The van der Waals surface area contributed by atoms with E-state index in [0.717, 1.165) is 28.1 Å². The van der Waals surface area contributed by atoms with Gasteiger partial charge in [0, 0.05) is 17.3 Å². The van der Waals surface area contributed by atoms with E-state index >= 15 is 0 Å². The van der Waals surface area contributed by atoms with Gasteiger partial charge >= 0.3 is 0 Å². The van der Waals surface area contributed by atoms with E-state index in [1.165, 1.54) is 5.56 Å². The van der Waals surface area contributed by atoms with Crippen LogP contribution < -0.4 is 0 Å². The summed E-state index contributed by atoms with van der Waals surface area (Å²) in [6.07, 6.45) is 1.94. The SMILES string of the molecule is Cc1ccc(-c2nn(-c3ccccc3)cc2-c2nnc(-c3ccccc3)o2)cc1. The van der Waals surface area contributed by atoms with Gasteiger partial charge in [0.2, 0.25) is 5.89 Å². The van der Waals surface area contributed by atoms with Gasteiger partial charge in [0.15, 0.2) is 0 Å². The topological polar surface area (TPSA) is 56.7 Å². The maximum absolute atomic E-state index is 6.02. The fourth-order valence-electron chi connectivity index (χ4n) is 3.20. The molecule has 0 spiro atoms. The molecule has 5 heteroatoms. The van der Waals surface area contributed by atoms with E-state index in [1.807, 2.05) is 71.5 Å². The summed E-state index contributed by atoms with van der Waals surface area (Å²) in [7, 11) is 0. The highest BCUT2D eigenvalue weighted by atomic mass is 16.4. The predicted octanol–water partition coefficient (Wildman–Crippen LogP) is 5.56. The van der Waals surface area contributed by atoms with E-state index in [-0.39, 0.29) is 0 Å². The minimum Gasteiger partial charge on any atom is -0.416 e. The average molecular weight is 378 g/mol. The van der Waals surface area contributed by atoms with Gasteiger partial charge in [-0.25, -0.2) is 4.68 Å². The van der Waals surface area contributed by atoms with Crippen LogP contribution in [0.2, 0.25) is 0 Å². The van der Waals surface area contributed by atoms with Crippen LogP contribution in [0.3, 0.4) is 0 Å². The van der Waals surface area contributed by atoms with Gasteiger partial charge in [-0.05, 0) is 31.2 Å². The molecule has 0 N–H and O–H groups in total. The fraction of sp³-hybridized carbons (Fsp3) is 0.0417. The maximum atomic E-state index is 6.02. The highest BCUT2D eigenvalue weighted by Gasteiger charge is 2.19. The van der Waals surface area contributed by atoms with E-state index in [2.05, 4.69) is 41.4 Å². The highest BCUT2D eigenvalue weighted by molar-refractivity contribution is 5.77. The van der Waals surface area contributed by atoms with Crippen LogP contribution in [0, 0.1) is 6.92 Å². The zero-order valence-electron chi connectivity index (χ0n) is 15.9. The number of hydrogen-bond acceptors (Lipinski definition) is 4. The van der Waals surface area contributed by atoms with Gasteiger partial charge in [0.25, 0.3) is 5.89 Å². The van der Waals surface area contributed by atoms with Gasteiger partial charge in [0.1, 0.15) is 5.69 Å². The standard InChI is InChI=1S/C24H18N4O/c1-17-12-14-18(15-13-17)22-21(16-28(27-22)20-10-6-3-7-11-20)24-26-25-23(29-24)19-8-4-2-5-9-19/h2-16H,1H3. The molecule has 0 atom stereocenters.